The minimum Gasteiger partial charge on any atom is -0.276 e. The summed E-state index contributed by atoms with van der Waals surface area (Å²) in [6, 6.07) is 0. The number of unbranched alkanes of at least 4 members (excludes halogenated alkanes) is 7. The van der Waals surface area contributed by atoms with Gasteiger partial charge in [0.05, 0.1) is 18.0 Å². The predicted molar refractivity (Wildman–Crippen MR) is 68.2 cm³/mol. The van der Waals surface area contributed by atoms with Crippen LogP contribution in [0.5, 0.6) is 0 Å². The molecule has 0 aliphatic carbocycles. The SMILES string of the molecule is CCCCCCCCCCC(CC)OCl. The van der Waals surface area contributed by atoms with Crippen molar-refractivity contribution in [3.8, 4) is 0 Å². The summed E-state index contributed by atoms with van der Waals surface area (Å²) in [7, 11) is 0. The highest BCUT2D eigenvalue weighted by molar-refractivity contribution is 6.07. The van der Waals surface area contributed by atoms with Crippen molar-refractivity contribution in [1.82, 2.24) is 0 Å². The van der Waals surface area contributed by atoms with E-state index in [9.17, 15) is 0 Å². The summed E-state index contributed by atoms with van der Waals surface area (Å²) in [6.45, 7) is 4.38. The average molecular weight is 235 g/mol. The lowest BCUT2D eigenvalue weighted by atomic mass is 10.0. The molecule has 0 radical (unpaired) electrons. The van der Waals surface area contributed by atoms with Gasteiger partial charge in [-0.3, -0.25) is 4.29 Å². The van der Waals surface area contributed by atoms with E-state index in [1.807, 2.05) is 0 Å². The highest BCUT2D eigenvalue weighted by atomic mass is 35.5. The fourth-order valence-electron chi connectivity index (χ4n) is 1.82. The van der Waals surface area contributed by atoms with Gasteiger partial charge in [-0.2, -0.15) is 0 Å². The molecule has 0 aromatic rings. The number of hydrogen-bond donors (Lipinski definition) is 0. The summed E-state index contributed by atoms with van der Waals surface area (Å²) in [4.78, 5) is 0. The van der Waals surface area contributed by atoms with E-state index >= 15 is 0 Å². The first kappa shape index (κ1) is 15.2. The Balaban J connectivity index is 3.04. The average Bonchev–Trinajstić information content (AvgIpc) is 2.27. The first-order valence-corrected chi connectivity index (χ1v) is 6.93. The van der Waals surface area contributed by atoms with Crippen LogP contribution >= 0.6 is 11.9 Å². The Morgan fingerprint density at radius 1 is 0.867 bits per heavy atom. The Bertz CT molecular complexity index is 113. The molecule has 1 nitrogen and oxygen atoms in total. The Kier molecular flexibility index (Phi) is 12.5. The fourth-order valence-corrected chi connectivity index (χ4v) is 2.03. The van der Waals surface area contributed by atoms with Crippen LogP contribution in [0.15, 0.2) is 0 Å². The van der Waals surface area contributed by atoms with Gasteiger partial charge in [-0.1, -0.05) is 65.2 Å². The van der Waals surface area contributed by atoms with Crippen LogP contribution in [-0.2, 0) is 4.29 Å². The molecule has 2 heteroatoms. The van der Waals surface area contributed by atoms with Crippen molar-refractivity contribution >= 4 is 11.9 Å². The Morgan fingerprint density at radius 2 is 1.40 bits per heavy atom. The van der Waals surface area contributed by atoms with Crippen LogP contribution < -0.4 is 0 Å². The van der Waals surface area contributed by atoms with Crippen molar-refractivity contribution < 1.29 is 4.29 Å². The van der Waals surface area contributed by atoms with Crippen LogP contribution in [0.3, 0.4) is 0 Å². The van der Waals surface area contributed by atoms with Crippen LogP contribution in [0, 0.1) is 0 Å². The Morgan fingerprint density at radius 3 is 1.87 bits per heavy atom. The lowest BCUT2D eigenvalue weighted by molar-refractivity contribution is 0.202. The van der Waals surface area contributed by atoms with Crippen molar-refractivity contribution in [1.29, 1.82) is 0 Å². The predicted octanol–water partition coefficient (Wildman–Crippen LogP) is 5.47. The van der Waals surface area contributed by atoms with Crippen molar-refractivity contribution in [3.05, 3.63) is 0 Å². The van der Waals surface area contributed by atoms with Gasteiger partial charge in [0.15, 0.2) is 0 Å². The summed E-state index contributed by atoms with van der Waals surface area (Å²) in [5.41, 5.74) is 0. The maximum atomic E-state index is 5.36. The number of halogens is 1. The van der Waals surface area contributed by atoms with Gasteiger partial charge in [0.1, 0.15) is 0 Å². The molecule has 0 saturated heterocycles. The minimum atomic E-state index is 0.270. The summed E-state index contributed by atoms with van der Waals surface area (Å²) in [5.74, 6) is 0. The zero-order valence-corrected chi connectivity index (χ0v) is 11.2. The summed E-state index contributed by atoms with van der Waals surface area (Å²) in [5, 5.41) is 0. The van der Waals surface area contributed by atoms with Gasteiger partial charge < -0.3 is 0 Å². The van der Waals surface area contributed by atoms with E-state index in [0.29, 0.717) is 0 Å². The monoisotopic (exact) mass is 234 g/mol. The first-order chi connectivity index (χ1) is 7.35. The fraction of sp³-hybridized carbons (Fsp3) is 1.00. The normalized spacial score (nSPS) is 13.0. The first-order valence-electron chi connectivity index (χ1n) is 6.62. The van der Waals surface area contributed by atoms with Crippen LogP contribution in [0.25, 0.3) is 0 Å². The highest BCUT2D eigenvalue weighted by Crippen LogP contribution is 2.13. The van der Waals surface area contributed by atoms with Gasteiger partial charge in [0.25, 0.3) is 0 Å². The van der Waals surface area contributed by atoms with E-state index < -0.39 is 0 Å². The van der Waals surface area contributed by atoms with Gasteiger partial charge in [0, 0.05) is 0 Å². The highest BCUT2D eigenvalue weighted by Gasteiger charge is 2.04. The lowest BCUT2D eigenvalue weighted by Gasteiger charge is -2.09. The van der Waals surface area contributed by atoms with Crippen molar-refractivity contribution in [2.75, 3.05) is 0 Å². The molecule has 0 rings (SSSR count). The maximum absolute atomic E-state index is 5.36. The molecule has 0 saturated carbocycles. The molecule has 0 amide bonds. The molecule has 0 aromatic heterocycles. The van der Waals surface area contributed by atoms with Crippen LogP contribution in [0.1, 0.15) is 78.1 Å². The van der Waals surface area contributed by atoms with E-state index in [4.69, 9.17) is 16.2 Å². The van der Waals surface area contributed by atoms with Gasteiger partial charge in [-0.05, 0) is 12.8 Å². The summed E-state index contributed by atoms with van der Waals surface area (Å²) >= 11 is 5.36. The third kappa shape index (κ3) is 10.5. The Hall–Kier alpha value is 0.250. The zero-order valence-electron chi connectivity index (χ0n) is 10.4. The van der Waals surface area contributed by atoms with Gasteiger partial charge in [0.2, 0.25) is 0 Å². The molecule has 0 aliphatic heterocycles. The minimum absolute atomic E-state index is 0.270. The van der Waals surface area contributed by atoms with E-state index in [1.165, 1.54) is 51.4 Å². The topological polar surface area (TPSA) is 9.23 Å². The van der Waals surface area contributed by atoms with Crippen LogP contribution in [0.4, 0.5) is 0 Å². The van der Waals surface area contributed by atoms with Crippen molar-refractivity contribution in [2.24, 2.45) is 0 Å². The second kappa shape index (κ2) is 12.3. The second-order valence-corrected chi connectivity index (χ2v) is 4.56. The van der Waals surface area contributed by atoms with E-state index in [2.05, 4.69) is 13.8 Å². The van der Waals surface area contributed by atoms with Gasteiger partial charge in [-0.15, -0.1) is 0 Å². The maximum Gasteiger partial charge on any atom is 0.0788 e. The molecular weight excluding hydrogens is 208 g/mol. The molecule has 0 N–H and O–H groups in total. The lowest BCUT2D eigenvalue weighted by Crippen LogP contribution is -2.05. The second-order valence-electron chi connectivity index (χ2n) is 4.38. The number of hydrogen-bond acceptors (Lipinski definition) is 1. The smallest absolute Gasteiger partial charge is 0.0788 e. The zero-order chi connectivity index (χ0) is 11.4. The van der Waals surface area contributed by atoms with Gasteiger partial charge >= 0.3 is 0 Å². The van der Waals surface area contributed by atoms with Crippen LogP contribution in [-0.4, -0.2) is 6.10 Å². The molecule has 0 aliphatic rings. The summed E-state index contributed by atoms with van der Waals surface area (Å²) in [6.07, 6.45) is 13.4. The molecule has 0 bridgehead atoms. The molecule has 0 heterocycles. The summed E-state index contributed by atoms with van der Waals surface area (Å²) < 4.78 is 4.83. The molecule has 15 heavy (non-hydrogen) atoms. The van der Waals surface area contributed by atoms with E-state index in [-0.39, 0.29) is 6.10 Å². The molecular formula is C13H27ClO. The quantitative estimate of drug-likeness (QED) is 0.431. The molecule has 0 fully saturated rings. The molecule has 0 aromatic carbocycles. The Labute approximate surface area is 101 Å². The largest absolute Gasteiger partial charge is 0.276 e. The van der Waals surface area contributed by atoms with E-state index in [1.54, 1.807) is 0 Å². The van der Waals surface area contributed by atoms with E-state index in [0.717, 1.165) is 12.8 Å². The van der Waals surface area contributed by atoms with Crippen molar-refractivity contribution in [2.45, 2.75) is 84.2 Å². The standard InChI is InChI=1S/C13H27ClO/c1-3-5-6-7-8-9-10-11-12-13(4-2)15-14/h13H,3-12H2,1-2H3. The van der Waals surface area contributed by atoms with Gasteiger partial charge in [-0.25, -0.2) is 0 Å². The number of rotatable bonds is 11. The third-order valence-electron chi connectivity index (χ3n) is 2.96. The molecule has 1 atom stereocenters. The molecule has 1 unspecified atom stereocenters. The molecule has 92 valence electrons. The molecule has 0 spiro atoms. The third-order valence-corrected chi connectivity index (χ3v) is 3.21. The van der Waals surface area contributed by atoms with Crippen molar-refractivity contribution in [3.63, 3.8) is 0 Å². The van der Waals surface area contributed by atoms with Crippen LogP contribution in [0.2, 0.25) is 0 Å².